The fourth-order valence-electron chi connectivity index (χ4n) is 1.64. The van der Waals surface area contributed by atoms with Crippen LogP contribution in [0.5, 0.6) is 17.2 Å². The second-order valence-electron chi connectivity index (χ2n) is 4.04. The molecule has 1 aromatic rings. The summed E-state index contributed by atoms with van der Waals surface area (Å²) >= 11 is 0. The molecule has 0 spiro atoms. The van der Waals surface area contributed by atoms with Crippen LogP contribution in [0.1, 0.15) is 5.56 Å². The molecule has 22 heavy (non-hydrogen) atoms. The Morgan fingerprint density at radius 3 is 1.64 bits per heavy atom. The maximum atomic E-state index is 11.3. The van der Waals surface area contributed by atoms with Crippen LogP contribution in [0.2, 0.25) is 0 Å². The van der Waals surface area contributed by atoms with Crippen molar-refractivity contribution in [3.05, 3.63) is 22.8 Å². The molecule has 1 aromatic carbocycles. The summed E-state index contributed by atoms with van der Waals surface area (Å²) < 4.78 is 37.7. The minimum absolute atomic E-state index is 0.0156. The van der Waals surface area contributed by atoms with Crippen molar-refractivity contribution in [1.82, 2.24) is 0 Å². The van der Waals surface area contributed by atoms with E-state index in [2.05, 4.69) is 0 Å². The van der Waals surface area contributed by atoms with E-state index < -0.39 is 20.2 Å². The lowest BCUT2D eigenvalue weighted by atomic mass is 10.1. The lowest BCUT2D eigenvalue weighted by Gasteiger charge is -2.14. The van der Waals surface area contributed by atoms with Crippen LogP contribution in [0.3, 0.4) is 0 Å². The third-order valence-corrected chi connectivity index (χ3v) is 5.63. The van der Waals surface area contributed by atoms with Crippen LogP contribution >= 0.6 is 15.2 Å². The Morgan fingerprint density at radius 1 is 0.864 bits per heavy atom. The van der Waals surface area contributed by atoms with Gasteiger partial charge in [-0.05, 0) is 12.1 Å². The molecule has 0 unspecified atom stereocenters. The lowest BCUT2D eigenvalue weighted by Crippen LogP contribution is -1.96. The molecule has 0 aliphatic carbocycles. The highest BCUT2D eigenvalue weighted by Gasteiger charge is 2.36. The van der Waals surface area contributed by atoms with Crippen molar-refractivity contribution in [2.24, 2.45) is 0 Å². The monoisotopic (exact) mass is 354 g/mol. The summed E-state index contributed by atoms with van der Waals surface area (Å²) in [5, 5.41) is -1.31. The van der Waals surface area contributed by atoms with Gasteiger partial charge in [-0.1, -0.05) is 0 Å². The zero-order valence-corrected chi connectivity index (χ0v) is 13.7. The van der Waals surface area contributed by atoms with Crippen LogP contribution in [0.25, 0.3) is 6.08 Å². The zero-order chi connectivity index (χ0) is 17.1. The average Bonchev–Trinajstić information content (AvgIpc) is 2.41. The minimum atomic E-state index is -5.17. The number of hydrogen-bond donors (Lipinski definition) is 4. The van der Waals surface area contributed by atoms with Crippen LogP contribution in [0, 0.1) is 0 Å². The fraction of sp³-hybridized carbons (Fsp3) is 0.273. The molecule has 0 aliphatic heterocycles. The van der Waals surface area contributed by atoms with Gasteiger partial charge in [0, 0.05) is 11.6 Å². The van der Waals surface area contributed by atoms with Gasteiger partial charge in [0.15, 0.2) is 16.6 Å². The second kappa shape index (κ2) is 6.83. The summed E-state index contributed by atoms with van der Waals surface area (Å²) in [6, 6.07) is 2.64. The van der Waals surface area contributed by atoms with Gasteiger partial charge in [0.1, 0.15) is 5.75 Å². The number of rotatable bonds is 6. The van der Waals surface area contributed by atoms with Gasteiger partial charge >= 0.3 is 15.2 Å². The Kier molecular flexibility index (Phi) is 5.81. The standard InChI is InChI=1S/C11H16O9P2/c1-18-8-6-10(20-3)9(19-2)4-7(8)5-11(21(12,13)14)22(15,16)17/h4-6H,1-3H3,(H2,12,13,14)(H2,15,16,17). The lowest BCUT2D eigenvalue weighted by molar-refractivity contribution is 0.348. The van der Waals surface area contributed by atoms with Crippen LogP contribution in [0.4, 0.5) is 0 Å². The summed E-state index contributed by atoms with van der Waals surface area (Å²) in [5.74, 6) is 0.577. The van der Waals surface area contributed by atoms with Crippen LogP contribution < -0.4 is 14.2 Å². The molecule has 11 heteroatoms. The predicted octanol–water partition coefficient (Wildman–Crippen LogP) is 1.37. The maximum absolute atomic E-state index is 11.3. The smallest absolute Gasteiger partial charge is 0.364 e. The fourth-order valence-corrected chi connectivity index (χ4v) is 3.61. The highest BCUT2D eigenvalue weighted by molar-refractivity contribution is 7.77. The summed E-state index contributed by atoms with van der Waals surface area (Å²) in [6.07, 6.45) is 0.683. The SMILES string of the molecule is COc1cc(OC)c(OC)cc1C=C(P(=O)(O)O)P(=O)(O)O. The first-order valence-corrected chi connectivity index (χ1v) is 8.91. The average molecular weight is 354 g/mol. The molecule has 0 radical (unpaired) electrons. The molecule has 0 aliphatic rings. The maximum Gasteiger partial charge on any atom is 0.364 e. The van der Waals surface area contributed by atoms with Crippen molar-refractivity contribution in [2.45, 2.75) is 0 Å². The molecule has 124 valence electrons. The van der Waals surface area contributed by atoms with E-state index in [0.29, 0.717) is 6.08 Å². The highest BCUT2D eigenvalue weighted by Crippen LogP contribution is 2.64. The van der Waals surface area contributed by atoms with Gasteiger partial charge in [-0.25, -0.2) is 0 Å². The van der Waals surface area contributed by atoms with Crippen molar-refractivity contribution in [3.63, 3.8) is 0 Å². The molecule has 0 atom stereocenters. The van der Waals surface area contributed by atoms with Crippen LogP contribution in [0.15, 0.2) is 17.2 Å². The molecule has 0 saturated heterocycles. The molecule has 1 rings (SSSR count). The summed E-state index contributed by atoms with van der Waals surface area (Å²) in [5.41, 5.74) is 0.0156. The summed E-state index contributed by atoms with van der Waals surface area (Å²) in [7, 11) is -6.33. The van der Waals surface area contributed by atoms with Crippen molar-refractivity contribution < 1.29 is 42.9 Å². The number of methoxy groups -OCH3 is 3. The first-order chi connectivity index (χ1) is 10.0. The quantitative estimate of drug-likeness (QED) is 0.557. The molecule has 0 bridgehead atoms. The van der Waals surface area contributed by atoms with E-state index in [1.54, 1.807) is 0 Å². The Morgan fingerprint density at radius 2 is 1.27 bits per heavy atom. The first-order valence-electron chi connectivity index (χ1n) is 5.68. The predicted molar refractivity (Wildman–Crippen MR) is 78.2 cm³/mol. The highest BCUT2D eigenvalue weighted by atomic mass is 31.2. The van der Waals surface area contributed by atoms with E-state index in [1.165, 1.54) is 33.5 Å². The summed E-state index contributed by atoms with van der Waals surface area (Å²) in [6.45, 7) is 0. The van der Waals surface area contributed by atoms with Gasteiger partial charge in [-0.2, -0.15) is 0 Å². The van der Waals surface area contributed by atoms with Gasteiger partial charge in [0.25, 0.3) is 0 Å². The Hall–Kier alpha value is -1.34. The van der Waals surface area contributed by atoms with Crippen LogP contribution in [-0.2, 0) is 9.13 Å². The Labute approximate surface area is 126 Å². The number of benzene rings is 1. The van der Waals surface area contributed by atoms with Crippen molar-refractivity contribution in [3.8, 4) is 17.2 Å². The van der Waals surface area contributed by atoms with E-state index in [1.807, 2.05) is 0 Å². The molecular weight excluding hydrogens is 338 g/mol. The summed E-state index contributed by atoms with van der Waals surface area (Å²) in [4.78, 5) is 36.5. The van der Waals surface area contributed by atoms with Crippen molar-refractivity contribution >= 4 is 21.3 Å². The van der Waals surface area contributed by atoms with Crippen molar-refractivity contribution in [1.29, 1.82) is 0 Å². The second-order valence-corrected chi connectivity index (χ2v) is 7.53. The number of ether oxygens (including phenoxy) is 3. The molecule has 9 nitrogen and oxygen atoms in total. The Balaban J connectivity index is 3.63. The molecule has 0 aromatic heterocycles. The van der Waals surface area contributed by atoms with E-state index in [4.69, 9.17) is 33.8 Å². The van der Waals surface area contributed by atoms with E-state index in [0.717, 1.165) is 0 Å². The molecular formula is C11H16O9P2. The Bertz CT molecular complexity index is 646. The third-order valence-electron chi connectivity index (χ3n) is 2.62. The minimum Gasteiger partial charge on any atom is -0.496 e. The van der Waals surface area contributed by atoms with Crippen LogP contribution in [-0.4, -0.2) is 40.9 Å². The first kappa shape index (κ1) is 18.7. The topological polar surface area (TPSA) is 143 Å². The molecule has 4 N–H and O–H groups in total. The largest absolute Gasteiger partial charge is 0.496 e. The number of hydrogen-bond acceptors (Lipinski definition) is 5. The van der Waals surface area contributed by atoms with Gasteiger partial charge in [0.2, 0.25) is 0 Å². The van der Waals surface area contributed by atoms with E-state index in [-0.39, 0.29) is 22.8 Å². The molecule has 0 saturated carbocycles. The third kappa shape index (κ3) is 4.33. The molecule has 0 amide bonds. The van der Waals surface area contributed by atoms with Gasteiger partial charge < -0.3 is 33.8 Å². The van der Waals surface area contributed by atoms with Gasteiger partial charge in [0.05, 0.1) is 21.3 Å². The van der Waals surface area contributed by atoms with E-state index >= 15 is 0 Å². The van der Waals surface area contributed by atoms with Gasteiger partial charge in [-0.15, -0.1) is 0 Å². The van der Waals surface area contributed by atoms with Crippen molar-refractivity contribution in [2.75, 3.05) is 21.3 Å². The zero-order valence-electron chi connectivity index (χ0n) is 12.0. The normalized spacial score (nSPS) is 11.8. The van der Waals surface area contributed by atoms with E-state index in [9.17, 15) is 9.13 Å². The van der Waals surface area contributed by atoms with Gasteiger partial charge in [-0.3, -0.25) is 9.13 Å². The molecule has 0 heterocycles. The molecule has 0 fully saturated rings.